The lowest BCUT2D eigenvalue weighted by Gasteiger charge is -2.35. The van der Waals surface area contributed by atoms with E-state index < -0.39 is 0 Å². The molecule has 6 nitrogen and oxygen atoms in total. The summed E-state index contributed by atoms with van der Waals surface area (Å²) in [6.07, 6.45) is 3.55. The monoisotopic (exact) mass is 466 g/mol. The van der Waals surface area contributed by atoms with Gasteiger partial charge in [-0.2, -0.15) is 0 Å². The molecule has 0 saturated carbocycles. The lowest BCUT2D eigenvalue weighted by Crippen LogP contribution is -2.46. The maximum Gasteiger partial charge on any atom is 0.254 e. The third-order valence-electron chi connectivity index (χ3n) is 7.59. The average molecular weight is 467 g/mol. The van der Waals surface area contributed by atoms with Crippen LogP contribution in [0.4, 0.5) is 0 Å². The molecule has 6 heteroatoms. The van der Waals surface area contributed by atoms with Crippen molar-refractivity contribution in [1.82, 2.24) is 19.8 Å². The number of rotatable bonds is 3. The standard InChI is InChI=1S/C29H30N4O2/c1-19-13-14-24-25(17-19)31-27(30-24)26-12-6-16-33(26)28(34)21-9-5-15-32(18-21)29(35)23-11-4-8-20-7-2-3-10-22(20)23/h2-4,7-8,10-11,13-14,17,21,26H,5-6,9,12,15-16,18H2,1H3,(H,30,31). The van der Waals surface area contributed by atoms with E-state index in [1.54, 1.807) is 0 Å². The second-order valence-corrected chi connectivity index (χ2v) is 9.95. The minimum atomic E-state index is -0.171. The fraction of sp³-hybridized carbons (Fsp3) is 0.345. The largest absolute Gasteiger partial charge is 0.340 e. The summed E-state index contributed by atoms with van der Waals surface area (Å²) in [5.41, 5.74) is 3.86. The second-order valence-electron chi connectivity index (χ2n) is 9.95. The molecule has 2 aliphatic rings. The predicted octanol–water partition coefficient (Wildman–Crippen LogP) is 5.24. The molecule has 4 aromatic rings. The number of nitrogens with one attached hydrogen (secondary N) is 1. The number of hydrogen-bond acceptors (Lipinski definition) is 3. The van der Waals surface area contributed by atoms with E-state index in [4.69, 9.17) is 4.98 Å². The number of piperidine rings is 1. The minimum Gasteiger partial charge on any atom is -0.340 e. The Bertz CT molecular complexity index is 1420. The molecule has 2 saturated heterocycles. The van der Waals surface area contributed by atoms with Gasteiger partial charge in [-0.05, 0) is 67.1 Å². The van der Waals surface area contributed by atoms with Crippen LogP contribution in [0.1, 0.15) is 53.5 Å². The van der Waals surface area contributed by atoms with Gasteiger partial charge < -0.3 is 14.8 Å². The van der Waals surface area contributed by atoms with E-state index in [2.05, 4.69) is 24.0 Å². The van der Waals surface area contributed by atoms with Crippen LogP contribution >= 0.6 is 0 Å². The predicted molar refractivity (Wildman–Crippen MR) is 137 cm³/mol. The Labute approximate surface area is 204 Å². The zero-order valence-corrected chi connectivity index (χ0v) is 20.0. The quantitative estimate of drug-likeness (QED) is 0.449. The van der Waals surface area contributed by atoms with Crippen LogP contribution in [0, 0.1) is 12.8 Å². The minimum absolute atomic E-state index is 0.0184. The lowest BCUT2D eigenvalue weighted by molar-refractivity contribution is -0.138. The molecule has 2 atom stereocenters. The van der Waals surface area contributed by atoms with Crippen molar-refractivity contribution in [2.24, 2.45) is 5.92 Å². The van der Waals surface area contributed by atoms with Crippen molar-refractivity contribution in [3.05, 3.63) is 77.6 Å². The van der Waals surface area contributed by atoms with Crippen molar-refractivity contribution in [2.75, 3.05) is 19.6 Å². The summed E-state index contributed by atoms with van der Waals surface area (Å²) in [5, 5.41) is 2.03. The van der Waals surface area contributed by atoms with Crippen molar-refractivity contribution >= 4 is 33.6 Å². The van der Waals surface area contributed by atoms with Crippen LogP contribution in [-0.2, 0) is 4.79 Å². The van der Waals surface area contributed by atoms with Crippen molar-refractivity contribution in [3.63, 3.8) is 0 Å². The van der Waals surface area contributed by atoms with Crippen molar-refractivity contribution in [3.8, 4) is 0 Å². The first kappa shape index (κ1) is 21.8. The molecular weight excluding hydrogens is 436 g/mol. The summed E-state index contributed by atoms with van der Waals surface area (Å²) in [5.74, 6) is 0.871. The van der Waals surface area contributed by atoms with E-state index in [0.717, 1.165) is 59.9 Å². The van der Waals surface area contributed by atoms with Gasteiger partial charge >= 0.3 is 0 Å². The van der Waals surface area contributed by atoms with E-state index >= 15 is 0 Å². The second kappa shape index (κ2) is 8.84. The number of imidazole rings is 1. The number of nitrogens with zero attached hydrogens (tertiary/aromatic N) is 3. The van der Waals surface area contributed by atoms with Crippen LogP contribution < -0.4 is 0 Å². The zero-order valence-electron chi connectivity index (χ0n) is 20.0. The van der Waals surface area contributed by atoms with E-state index in [-0.39, 0.29) is 23.8 Å². The first-order valence-electron chi connectivity index (χ1n) is 12.6. The van der Waals surface area contributed by atoms with Gasteiger partial charge in [-0.1, -0.05) is 42.5 Å². The van der Waals surface area contributed by atoms with E-state index in [9.17, 15) is 9.59 Å². The molecular formula is C29H30N4O2. The first-order valence-corrected chi connectivity index (χ1v) is 12.6. The summed E-state index contributed by atoms with van der Waals surface area (Å²) in [4.78, 5) is 39.4. The highest BCUT2D eigenvalue weighted by atomic mass is 16.2. The average Bonchev–Trinajstić information content (AvgIpc) is 3.54. The molecule has 2 amide bonds. The third kappa shape index (κ3) is 3.97. The normalized spacial score (nSPS) is 20.6. The number of likely N-dealkylation sites (tertiary alicyclic amines) is 2. The Morgan fingerprint density at radius 3 is 2.71 bits per heavy atom. The van der Waals surface area contributed by atoms with E-state index in [1.807, 2.05) is 58.3 Å². The fourth-order valence-corrected chi connectivity index (χ4v) is 5.80. The van der Waals surface area contributed by atoms with E-state index in [1.165, 1.54) is 5.56 Å². The Morgan fingerprint density at radius 2 is 1.80 bits per heavy atom. The summed E-state index contributed by atoms with van der Waals surface area (Å²) >= 11 is 0. The highest BCUT2D eigenvalue weighted by Gasteiger charge is 2.38. The molecule has 2 unspecified atom stereocenters. The highest BCUT2D eigenvalue weighted by Crippen LogP contribution is 2.34. The number of aryl methyl sites for hydroxylation is 1. The topological polar surface area (TPSA) is 69.3 Å². The van der Waals surface area contributed by atoms with Gasteiger partial charge in [-0.15, -0.1) is 0 Å². The van der Waals surface area contributed by atoms with Gasteiger partial charge in [0.15, 0.2) is 0 Å². The molecule has 0 radical (unpaired) electrons. The van der Waals surface area contributed by atoms with Crippen molar-refractivity contribution < 1.29 is 9.59 Å². The molecule has 1 N–H and O–H groups in total. The molecule has 3 aromatic carbocycles. The van der Waals surface area contributed by atoms with Crippen LogP contribution in [0.25, 0.3) is 21.8 Å². The van der Waals surface area contributed by atoms with Gasteiger partial charge in [0.05, 0.1) is 23.0 Å². The van der Waals surface area contributed by atoms with Crippen LogP contribution in [0.2, 0.25) is 0 Å². The van der Waals surface area contributed by atoms with Gasteiger partial charge in [0.2, 0.25) is 5.91 Å². The summed E-state index contributed by atoms with van der Waals surface area (Å²) < 4.78 is 0. The van der Waals surface area contributed by atoms with Gasteiger partial charge in [0.25, 0.3) is 5.91 Å². The summed E-state index contributed by atoms with van der Waals surface area (Å²) in [6.45, 7) is 3.98. The fourth-order valence-electron chi connectivity index (χ4n) is 5.80. The maximum absolute atomic E-state index is 13.7. The summed E-state index contributed by atoms with van der Waals surface area (Å²) in [6, 6.07) is 20.0. The number of fused-ring (bicyclic) bond motifs is 2. The number of aromatic amines is 1. The smallest absolute Gasteiger partial charge is 0.254 e. The Hall–Kier alpha value is -3.67. The first-order chi connectivity index (χ1) is 17.1. The molecule has 6 rings (SSSR count). The van der Waals surface area contributed by atoms with Gasteiger partial charge in [0.1, 0.15) is 5.82 Å². The molecule has 2 aliphatic heterocycles. The maximum atomic E-state index is 13.7. The Balaban J connectivity index is 1.21. The number of hydrogen-bond donors (Lipinski definition) is 1. The Morgan fingerprint density at radius 1 is 0.971 bits per heavy atom. The zero-order chi connectivity index (χ0) is 23.9. The van der Waals surface area contributed by atoms with E-state index in [0.29, 0.717) is 18.7 Å². The summed E-state index contributed by atoms with van der Waals surface area (Å²) in [7, 11) is 0. The molecule has 3 heterocycles. The van der Waals surface area contributed by atoms with Crippen molar-refractivity contribution in [2.45, 2.75) is 38.6 Å². The van der Waals surface area contributed by atoms with Crippen LogP contribution in [-0.4, -0.2) is 51.2 Å². The molecule has 178 valence electrons. The van der Waals surface area contributed by atoms with Crippen LogP contribution in [0.5, 0.6) is 0 Å². The molecule has 0 spiro atoms. The van der Waals surface area contributed by atoms with Crippen molar-refractivity contribution in [1.29, 1.82) is 0 Å². The number of carbonyl (C=O) groups is 2. The molecule has 0 bridgehead atoms. The van der Waals surface area contributed by atoms with Gasteiger partial charge in [-0.25, -0.2) is 4.98 Å². The number of aromatic nitrogens is 2. The number of H-pyrrole nitrogens is 1. The molecule has 1 aromatic heterocycles. The van der Waals surface area contributed by atoms with Crippen LogP contribution in [0.15, 0.2) is 60.7 Å². The van der Waals surface area contributed by atoms with Crippen LogP contribution in [0.3, 0.4) is 0 Å². The molecule has 2 fully saturated rings. The molecule has 0 aliphatic carbocycles. The Kier molecular flexibility index (Phi) is 5.51. The molecule has 35 heavy (non-hydrogen) atoms. The SMILES string of the molecule is Cc1ccc2nc(C3CCCN3C(=O)C3CCCN(C(=O)c4cccc5ccccc45)C3)[nH]c2c1. The lowest BCUT2D eigenvalue weighted by atomic mass is 9.94. The highest BCUT2D eigenvalue weighted by molar-refractivity contribution is 6.07. The van der Waals surface area contributed by atoms with Gasteiger partial charge in [0, 0.05) is 25.2 Å². The number of amides is 2. The third-order valence-corrected chi connectivity index (χ3v) is 7.59. The van der Waals surface area contributed by atoms with Gasteiger partial charge in [-0.3, -0.25) is 9.59 Å². The number of carbonyl (C=O) groups excluding carboxylic acids is 2. The number of benzene rings is 3.